The molecule has 0 aromatic rings. The SMILES string of the molecule is CN1CC=CC=CO1. The number of hydrogen-bond donors (Lipinski definition) is 0. The van der Waals surface area contributed by atoms with E-state index < -0.39 is 0 Å². The van der Waals surface area contributed by atoms with Gasteiger partial charge in [-0.05, 0) is 6.08 Å². The van der Waals surface area contributed by atoms with Gasteiger partial charge in [-0.3, -0.25) is 0 Å². The Kier molecular flexibility index (Phi) is 1.70. The molecule has 0 saturated carbocycles. The summed E-state index contributed by atoms with van der Waals surface area (Å²) in [6.07, 6.45) is 7.51. The first-order valence-electron chi connectivity index (χ1n) is 2.59. The molecule has 0 amide bonds. The fourth-order valence-corrected chi connectivity index (χ4v) is 0.515. The van der Waals surface area contributed by atoms with E-state index in [1.165, 1.54) is 0 Å². The average molecular weight is 111 g/mol. The summed E-state index contributed by atoms with van der Waals surface area (Å²) in [5, 5.41) is 1.75. The molecule has 0 aromatic heterocycles. The van der Waals surface area contributed by atoms with Crippen molar-refractivity contribution in [1.82, 2.24) is 5.06 Å². The van der Waals surface area contributed by atoms with Crippen molar-refractivity contribution in [2.24, 2.45) is 0 Å². The standard InChI is InChI=1S/C6H9NO/c1-7-5-3-2-4-6-8-7/h2-4,6H,5H2,1H3. The first kappa shape index (κ1) is 5.38. The quantitative estimate of drug-likeness (QED) is 0.461. The fourth-order valence-electron chi connectivity index (χ4n) is 0.515. The van der Waals surface area contributed by atoms with Gasteiger partial charge in [0.15, 0.2) is 0 Å². The summed E-state index contributed by atoms with van der Waals surface area (Å²) in [6, 6.07) is 0. The Labute approximate surface area is 49.0 Å². The lowest BCUT2D eigenvalue weighted by molar-refractivity contribution is -0.0674. The number of likely N-dealkylation sites (N-methyl/N-ethyl adjacent to an activating group) is 1. The maximum atomic E-state index is 4.99. The van der Waals surface area contributed by atoms with Gasteiger partial charge in [-0.2, -0.15) is 0 Å². The molecule has 0 unspecified atom stereocenters. The fraction of sp³-hybridized carbons (Fsp3) is 0.333. The van der Waals surface area contributed by atoms with E-state index in [9.17, 15) is 0 Å². The second kappa shape index (κ2) is 2.52. The Morgan fingerprint density at radius 1 is 1.50 bits per heavy atom. The first-order valence-corrected chi connectivity index (χ1v) is 2.59. The monoisotopic (exact) mass is 111 g/mol. The highest BCUT2D eigenvalue weighted by Crippen LogP contribution is 1.92. The predicted molar refractivity (Wildman–Crippen MR) is 32.0 cm³/mol. The molecule has 0 atom stereocenters. The van der Waals surface area contributed by atoms with Crippen molar-refractivity contribution in [2.75, 3.05) is 13.6 Å². The van der Waals surface area contributed by atoms with Crippen LogP contribution >= 0.6 is 0 Å². The van der Waals surface area contributed by atoms with Crippen molar-refractivity contribution < 1.29 is 4.84 Å². The zero-order valence-electron chi connectivity index (χ0n) is 4.87. The molecule has 0 bridgehead atoms. The molecule has 44 valence electrons. The van der Waals surface area contributed by atoms with Crippen LogP contribution in [0.4, 0.5) is 0 Å². The second-order valence-corrected chi connectivity index (χ2v) is 1.67. The Bertz CT molecular complexity index is 104. The van der Waals surface area contributed by atoms with E-state index in [-0.39, 0.29) is 0 Å². The maximum Gasteiger partial charge on any atom is 0.111 e. The van der Waals surface area contributed by atoms with Crippen molar-refractivity contribution in [3.63, 3.8) is 0 Å². The number of nitrogens with zero attached hydrogens (tertiary/aromatic N) is 1. The normalized spacial score (nSPS) is 20.1. The average Bonchev–Trinajstić information content (AvgIpc) is 1.94. The third-order valence-electron chi connectivity index (χ3n) is 0.929. The van der Waals surface area contributed by atoms with E-state index >= 15 is 0 Å². The molecule has 1 rings (SSSR count). The van der Waals surface area contributed by atoms with Crippen LogP contribution in [0.15, 0.2) is 24.5 Å². The van der Waals surface area contributed by atoms with Crippen LogP contribution in [0, 0.1) is 0 Å². The molecular formula is C6H9NO. The summed E-state index contributed by atoms with van der Waals surface area (Å²) in [5.41, 5.74) is 0. The molecule has 0 spiro atoms. The smallest absolute Gasteiger partial charge is 0.111 e. The molecule has 1 heterocycles. The number of hydrogen-bond acceptors (Lipinski definition) is 2. The number of hydroxylamine groups is 2. The summed E-state index contributed by atoms with van der Waals surface area (Å²) < 4.78 is 0. The Morgan fingerprint density at radius 2 is 2.38 bits per heavy atom. The van der Waals surface area contributed by atoms with Gasteiger partial charge in [-0.25, -0.2) is 0 Å². The Morgan fingerprint density at radius 3 is 3.25 bits per heavy atom. The van der Waals surface area contributed by atoms with Gasteiger partial charge >= 0.3 is 0 Å². The largest absolute Gasteiger partial charge is 0.414 e. The lowest BCUT2D eigenvalue weighted by atomic mass is 10.5. The topological polar surface area (TPSA) is 12.5 Å². The molecule has 0 aromatic carbocycles. The minimum absolute atomic E-state index is 0.854. The predicted octanol–water partition coefficient (Wildman–Crippen LogP) is 0.933. The molecule has 0 N–H and O–H groups in total. The van der Waals surface area contributed by atoms with Crippen molar-refractivity contribution in [3.05, 3.63) is 24.5 Å². The number of rotatable bonds is 0. The molecular weight excluding hydrogens is 102 g/mol. The Hall–Kier alpha value is -0.760. The van der Waals surface area contributed by atoms with Crippen molar-refractivity contribution >= 4 is 0 Å². The van der Waals surface area contributed by atoms with Gasteiger partial charge in [0.2, 0.25) is 0 Å². The molecule has 0 aliphatic carbocycles. The highest BCUT2D eigenvalue weighted by atomic mass is 16.7. The van der Waals surface area contributed by atoms with Crippen LogP contribution in [-0.2, 0) is 4.84 Å². The van der Waals surface area contributed by atoms with Crippen LogP contribution in [-0.4, -0.2) is 18.7 Å². The van der Waals surface area contributed by atoms with E-state index in [2.05, 4.69) is 0 Å². The van der Waals surface area contributed by atoms with Crippen LogP contribution in [0.1, 0.15) is 0 Å². The molecule has 2 nitrogen and oxygen atoms in total. The van der Waals surface area contributed by atoms with Crippen LogP contribution in [0.25, 0.3) is 0 Å². The third kappa shape index (κ3) is 1.39. The molecule has 0 fully saturated rings. The second-order valence-electron chi connectivity index (χ2n) is 1.67. The highest BCUT2D eigenvalue weighted by molar-refractivity contribution is 5.01. The summed E-state index contributed by atoms with van der Waals surface area (Å²) in [5.74, 6) is 0. The lowest BCUT2D eigenvalue weighted by Crippen LogP contribution is -2.14. The summed E-state index contributed by atoms with van der Waals surface area (Å²) >= 11 is 0. The van der Waals surface area contributed by atoms with Crippen LogP contribution in [0.3, 0.4) is 0 Å². The van der Waals surface area contributed by atoms with Crippen molar-refractivity contribution in [1.29, 1.82) is 0 Å². The molecule has 1 aliphatic heterocycles. The lowest BCUT2D eigenvalue weighted by Gasteiger charge is -2.09. The maximum absolute atomic E-state index is 4.99. The van der Waals surface area contributed by atoms with Gasteiger partial charge in [-0.15, -0.1) is 5.06 Å². The van der Waals surface area contributed by atoms with E-state index in [4.69, 9.17) is 4.84 Å². The van der Waals surface area contributed by atoms with Gasteiger partial charge in [0, 0.05) is 7.05 Å². The summed E-state index contributed by atoms with van der Waals surface area (Å²) in [6.45, 7) is 0.854. The summed E-state index contributed by atoms with van der Waals surface area (Å²) in [7, 11) is 1.89. The molecule has 8 heavy (non-hydrogen) atoms. The van der Waals surface area contributed by atoms with Gasteiger partial charge in [0.05, 0.1) is 6.54 Å². The minimum atomic E-state index is 0.854. The number of allylic oxidation sites excluding steroid dienone is 2. The zero-order chi connectivity index (χ0) is 5.82. The van der Waals surface area contributed by atoms with Crippen LogP contribution < -0.4 is 0 Å². The minimum Gasteiger partial charge on any atom is -0.414 e. The van der Waals surface area contributed by atoms with E-state index in [0.717, 1.165) is 6.54 Å². The first-order chi connectivity index (χ1) is 3.89. The zero-order valence-corrected chi connectivity index (χ0v) is 4.87. The van der Waals surface area contributed by atoms with Gasteiger partial charge in [0.25, 0.3) is 0 Å². The van der Waals surface area contributed by atoms with Crippen molar-refractivity contribution in [3.8, 4) is 0 Å². The van der Waals surface area contributed by atoms with Crippen LogP contribution in [0.5, 0.6) is 0 Å². The van der Waals surface area contributed by atoms with E-state index in [0.29, 0.717) is 0 Å². The van der Waals surface area contributed by atoms with Gasteiger partial charge < -0.3 is 4.84 Å². The summed E-state index contributed by atoms with van der Waals surface area (Å²) in [4.78, 5) is 4.99. The molecule has 2 heteroatoms. The van der Waals surface area contributed by atoms with Gasteiger partial charge in [0.1, 0.15) is 6.26 Å². The van der Waals surface area contributed by atoms with Gasteiger partial charge in [-0.1, -0.05) is 12.2 Å². The molecule has 0 saturated heterocycles. The van der Waals surface area contributed by atoms with Crippen LogP contribution in [0.2, 0.25) is 0 Å². The third-order valence-corrected chi connectivity index (χ3v) is 0.929. The molecule has 0 radical (unpaired) electrons. The highest BCUT2D eigenvalue weighted by Gasteiger charge is 1.91. The molecule has 1 aliphatic rings. The Balaban J connectivity index is 2.45. The van der Waals surface area contributed by atoms with E-state index in [1.807, 2.05) is 25.3 Å². The van der Waals surface area contributed by atoms with Crippen molar-refractivity contribution in [2.45, 2.75) is 0 Å². The van der Waals surface area contributed by atoms with E-state index in [1.54, 1.807) is 11.3 Å².